The molecule has 0 spiro atoms. The third-order valence-electron chi connectivity index (χ3n) is 2.14. The van der Waals surface area contributed by atoms with Crippen LogP contribution in [0.5, 0.6) is 11.6 Å². The molecule has 4 heteroatoms. The minimum atomic E-state index is 0.524. The molecule has 0 radical (unpaired) electrons. The summed E-state index contributed by atoms with van der Waals surface area (Å²) >= 11 is 3.29. The molecule has 84 valence electrons. The van der Waals surface area contributed by atoms with E-state index in [2.05, 4.69) is 27.0 Å². The van der Waals surface area contributed by atoms with Gasteiger partial charge in [0.05, 0.1) is 5.56 Å². The molecule has 0 aliphatic carbocycles. The average molecular weight is 289 g/mol. The van der Waals surface area contributed by atoms with Gasteiger partial charge < -0.3 is 4.74 Å². The number of aryl methyl sites for hydroxylation is 1. The smallest absolute Gasteiger partial charge is 0.219 e. The fourth-order valence-corrected chi connectivity index (χ4v) is 1.68. The van der Waals surface area contributed by atoms with E-state index < -0.39 is 0 Å². The number of hydrogen-bond acceptors (Lipinski definition) is 3. The van der Waals surface area contributed by atoms with Gasteiger partial charge in [-0.3, -0.25) is 0 Å². The SMILES string of the molecule is Cc1cccc(Oc2ccc(Br)c(C#N)c2)n1. The highest BCUT2D eigenvalue weighted by molar-refractivity contribution is 9.10. The molecule has 17 heavy (non-hydrogen) atoms. The Morgan fingerprint density at radius 1 is 1.29 bits per heavy atom. The first kappa shape index (κ1) is 11.6. The predicted octanol–water partition coefficient (Wildman–Crippen LogP) is 3.82. The van der Waals surface area contributed by atoms with Crippen molar-refractivity contribution in [3.05, 3.63) is 52.1 Å². The number of halogens is 1. The van der Waals surface area contributed by atoms with Crippen LogP contribution in [0.1, 0.15) is 11.3 Å². The molecule has 2 rings (SSSR count). The summed E-state index contributed by atoms with van der Waals surface area (Å²) in [5, 5.41) is 8.90. The Kier molecular flexibility index (Phi) is 3.40. The largest absolute Gasteiger partial charge is 0.439 e. The predicted molar refractivity (Wildman–Crippen MR) is 67.9 cm³/mol. The summed E-state index contributed by atoms with van der Waals surface area (Å²) in [6.07, 6.45) is 0. The lowest BCUT2D eigenvalue weighted by Gasteiger charge is -2.06. The van der Waals surface area contributed by atoms with Gasteiger partial charge in [0.1, 0.15) is 11.8 Å². The van der Waals surface area contributed by atoms with Crippen LogP contribution in [-0.4, -0.2) is 4.98 Å². The first-order chi connectivity index (χ1) is 8.19. The van der Waals surface area contributed by atoms with Crippen LogP contribution < -0.4 is 4.74 Å². The van der Waals surface area contributed by atoms with E-state index in [1.807, 2.05) is 19.1 Å². The lowest BCUT2D eigenvalue weighted by Crippen LogP contribution is -1.90. The lowest BCUT2D eigenvalue weighted by atomic mass is 10.2. The van der Waals surface area contributed by atoms with E-state index in [0.29, 0.717) is 17.2 Å². The van der Waals surface area contributed by atoms with Gasteiger partial charge >= 0.3 is 0 Å². The molecule has 2 aromatic rings. The van der Waals surface area contributed by atoms with E-state index >= 15 is 0 Å². The molecule has 0 saturated heterocycles. The molecule has 0 fully saturated rings. The number of nitriles is 1. The number of nitrogens with zero attached hydrogens (tertiary/aromatic N) is 2. The van der Waals surface area contributed by atoms with Crippen molar-refractivity contribution in [3.8, 4) is 17.7 Å². The van der Waals surface area contributed by atoms with Crippen molar-refractivity contribution in [2.45, 2.75) is 6.92 Å². The maximum atomic E-state index is 8.90. The topological polar surface area (TPSA) is 45.9 Å². The Bertz CT molecular complexity index is 590. The van der Waals surface area contributed by atoms with E-state index in [0.717, 1.165) is 10.2 Å². The van der Waals surface area contributed by atoms with Gasteiger partial charge in [-0.15, -0.1) is 0 Å². The van der Waals surface area contributed by atoms with Crippen molar-refractivity contribution in [2.24, 2.45) is 0 Å². The van der Waals surface area contributed by atoms with Gasteiger partial charge in [0.2, 0.25) is 5.88 Å². The first-order valence-electron chi connectivity index (χ1n) is 5.00. The third kappa shape index (κ3) is 2.83. The highest BCUT2D eigenvalue weighted by Gasteiger charge is 2.03. The van der Waals surface area contributed by atoms with E-state index in [9.17, 15) is 0 Å². The van der Waals surface area contributed by atoms with E-state index in [1.165, 1.54) is 0 Å². The highest BCUT2D eigenvalue weighted by atomic mass is 79.9. The van der Waals surface area contributed by atoms with Crippen LogP contribution in [0, 0.1) is 18.3 Å². The quantitative estimate of drug-likeness (QED) is 0.844. The van der Waals surface area contributed by atoms with Crippen LogP contribution in [0.2, 0.25) is 0 Å². The van der Waals surface area contributed by atoms with Gasteiger partial charge in [0.25, 0.3) is 0 Å². The molecule has 1 aromatic heterocycles. The Hall–Kier alpha value is -1.86. The molecule has 0 aliphatic heterocycles. The monoisotopic (exact) mass is 288 g/mol. The minimum absolute atomic E-state index is 0.524. The van der Waals surface area contributed by atoms with E-state index in [-0.39, 0.29) is 0 Å². The fraction of sp³-hybridized carbons (Fsp3) is 0.0769. The van der Waals surface area contributed by atoms with Crippen LogP contribution in [-0.2, 0) is 0 Å². The van der Waals surface area contributed by atoms with Gasteiger partial charge in [-0.2, -0.15) is 5.26 Å². The summed E-state index contributed by atoms with van der Waals surface area (Å²) < 4.78 is 6.33. The molecule has 0 atom stereocenters. The summed E-state index contributed by atoms with van der Waals surface area (Å²) in [6.45, 7) is 1.90. The molecule has 1 aromatic carbocycles. The van der Waals surface area contributed by atoms with Crippen LogP contribution in [0.4, 0.5) is 0 Å². The van der Waals surface area contributed by atoms with Gasteiger partial charge in [-0.25, -0.2) is 4.98 Å². The summed E-state index contributed by atoms with van der Waals surface area (Å²) in [5.74, 6) is 1.12. The summed E-state index contributed by atoms with van der Waals surface area (Å²) in [7, 11) is 0. The average Bonchev–Trinajstić information content (AvgIpc) is 2.32. The molecule has 0 amide bonds. The third-order valence-corrected chi connectivity index (χ3v) is 2.83. The molecule has 0 aliphatic rings. The van der Waals surface area contributed by atoms with Crippen molar-refractivity contribution in [2.75, 3.05) is 0 Å². The van der Waals surface area contributed by atoms with Crippen LogP contribution in [0.25, 0.3) is 0 Å². The molecule has 0 unspecified atom stereocenters. The number of aromatic nitrogens is 1. The summed E-state index contributed by atoms with van der Waals surface area (Å²) in [5.41, 5.74) is 1.43. The second-order valence-electron chi connectivity index (χ2n) is 3.47. The standard InChI is InChI=1S/C13H9BrN2O/c1-9-3-2-4-13(16-9)17-11-5-6-12(14)10(7-11)8-15/h2-7H,1H3. The molecule has 3 nitrogen and oxygen atoms in total. The summed E-state index contributed by atoms with van der Waals surface area (Å²) in [6, 6.07) is 12.9. The molecule has 0 N–H and O–H groups in total. The second kappa shape index (κ2) is 4.98. The van der Waals surface area contributed by atoms with Gasteiger partial charge in [0, 0.05) is 16.2 Å². The number of rotatable bonds is 2. The maximum absolute atomic E-state index is 8.90. The van der Waals surface area contributed by atoms with Crippen LogP contribution in [0.3, 0.4) is 0 Å². The Morgan fingerprint density at radius 2 is 2.12 bits per heavy atom. The van der Waals surface area contributed by atoms with Crippen molar-refractivity contribution in [1.82, 2.24) is 4.98 Å². The molecule has 0 saturated carbocycles. The van der Waals surface area contributed by atoms with Crippen molar-refractivity contribution < 1.29 is 4.74 Å². The second-order valence-corrected chi connectivity index (χ2v) is 4.33. The van der Waals surface area contributed by atoms with Crippen molar-refractivity contribution in [3.63, 3.8) is 0 Å². The van der Waals surface area contributed by atoms with Crippen LogP contribution >= 0.6 is 15.9 Å². The van der Waals surface area contributed by atoms with Crippen molar-refractivity contribution >= 4 is 15.9 Å². The summed E-state index contributed by atoms with van der Waals surface area (Å²) in [4.78, 5) is 4.23. The number of hydrogen-bond donors (Lipinski definition) is 0. The zero-order valence-electron chi connectivity index (χ0n) is 9.14. The Labute approximate surface area is 108 Å². The lowest BCUT2D eigenvalue weighted by molar-refractivity contribution is 0.461. The Morgan fingerprint density at radius 3 is 2.82 bits per heavy atom. The van der Waals surface area contributed by atoms with E-state index in [4.69, 9.17) is 10.00 Å². The minimum Gasteiger partial charge on any atom is -0.439 e. The maximum Gasteiger partial charge on any atom is 0.219 e. The fourth-order valence-electron chi connectivity index (χ4n) is 1.35. The highest BCUT2D eigenvalue weighted by Crippen LogP contribution is 2.25. The molecular weight excluding hydrogens is 280 g/mol. The first-order valence-corrected chi connectivity index (χ1v) is 5.79. The van der Waals surface area contributed by atoms with E-state index in [1.54, 1.807) is 24.3 Å². The zero-order valence-corrected chi connectivity index (χ0v) is 10.7. The van der Waals surface area contributed by atoms with Gasteiger partial charge in [0.15, 0.2) is 0 Å². The number of benzene rings is 1. The van der Waals surface area contributed by atoms with Gasteiger partial charge in [-0.05, 0) is 47.1 Å². The Balaban J connectivity index is 2.28. The zero-order chi connectivity index (χ0) is 12.3. The van der Waals surface area contributed by atoms with Crippen molar-refractivity contribution in [1.29, 1.82) is 5.26 Å². The molecule has 0 bridgehead atoms. The molecule has 1 heterocycles. The molecular formula is C13H9BrN2O. The van der Waals surface area contributed by atoms with Crippen LogP contribution in [0.15, 0.2) is 40.9 Å². The van der Waals surface area contributed by atoms with Gasteiger partial charge in [-0.1, -0.05) is 6.07 Å². The normalized spacial score (nSPS) is 9.71. The number of pyridine rings is 1. The number of ether oxygens (including phenoxy) is 1.